The minimum atomic E-state index is -0.661. The molecule has 1 heterocycles. The van der Waals surface area contributed by atoms with Crippen molar-refractivity contribution in [1.82, 2.24) is 0 Å². The van der Waals surface area contributed by atoms with Gasteiger partial charge in [0.05, 0.1) is 10.3 Å². The number of benzene rings is 4. The van der Waals surface area contributed by atoms with Gasteiger partial charge in [-0.1, -0.05) is 60.7 Å². The van der Waals surface area contributed by atoms with Crippen LogP contribution in [0, 0.1) is 10.1 Å². The molecule has 1 N–H and O–H groups in total. The third-order valence-corrected chi connectivity index (χ3v) is 6.04. The molecular formula is C31H24N2O7. The lowest BCUT2D eigenvalue weighted by molar-refractivity contribution is -0.383. The number of ether oxygens (including phenoxy) is 2. The zero-order valence-electron chi connectivity index (χ0n) is 21.5. The fraction of sp³-hybridized carbons (Fsp3) is 0.0968. The smallest absolute Gasteiger partial charge is 0.314 e. The highest BCUT2D eigenvalue weighted by Gasteiger charge is 2.25. The van der Waals surface area contributed by atoms with Crippen molar-refractivity contribution in [2.45, 2.75) is 20.1 Å². The summed E-state index contributed by atoms with van der Waals surface area (Å²) in [6.07, 6.45) is 0. The van der Waals surface area contributed by atoms with Crippen molar-refractivity contribution >= 4 is 28.3 Å². The summed E-state index contributed by atoms with van der Waals surface area (Å²) in [6, 6.07) is 28.3. The number of non-ortho nitro benzene ring substituents is 1. The molecule has 40 heavy (non-hydrogen) atoms. The number of hydrogen-bond acceptors (Lipinski definition) is 7. The fourth-order valence-corrected chi connectivity index (χ4v) is 4.17. The van der Waals surface area contributed by atoms with Crippen molar-refractivity contribution in [1.29, 1.82) is 0 Å². The molecule has 0 saturated carbocycles. The maximum absolute atomic E-state index is 13.7. The summed E-state index contributed by atoms with van der Waals surface area (Å²) in [4.78, 5) is 36.6. The first-order valence-corrected chi connectivity index (χ1v) is 12.4. The molecule has 0 unspecified atom stereocenters. The van der Waals surface area contributed by atoms with E-state index in [1.807, 2.05) is 60.7 Å². The zero-order chi connectivity index (χ0) is 28.1. The topological polar surface area (TPSA) is 121 Å². The number of anilines is 1. The number of nitrogens with one attached hydrogen (secondary N) is 1. The summed E-state index contributed by atoms with van der Waals surface area (Å²) in [7, 11) is 0. The van der Waals surface area contributed by atoms with Crippen LogP contribution in [0.15, 0.2) is 106 Å². The Labute approximate surface area is 228 Å². The summed E-state index contributed by atoms with van der Waals surface area (Å²) in [5, 5.41) is 14.3. The molecular weight excluding hydrogens is 512 g/mol. The molecule has 0 aliphatic carbocycles. The van der Waals surface area contributed by atoms with Gasteiger partial charge in [0.2, 0.25) is 22.7 Å². The van der Waals surface area contributed by atoms with Crippen molar-refractivity contribution in [3.63, 3.8) is 0 Å². The van der Waals surface area contributed by atoms with Gasteiger partial charge < -0.3 is 19.2 Å². The lowest BCUT2D eigenvalue weighted by Gasteiger charge is -2.13. The van der Waals surface area contributed by atoms with Gasteiger partial charge in [-0.2, -0.15) is 0 Å². The number of rotatable bonds is 9. The van der Waals surface area contributed by atoms with Crippen molar-refractivity contribution in [3.8, 4) is 22.8 Å². The van der Waals surface area contributed by atoms with Crippen molar-refractivity contribution in [2.24, 2.45) is 0 Å². The van der Waals surface area contributed by atoms with Gasteiger partial charge in [-0.05, 0) is 41.5 Å². The molecule has 0 bridgehead atoms. The predicted octanol–water partition coefficient (Wildman–Crippen LogP) is 6.48. The monoisotopic (exact) mass is 536 g/mol. The molecule has 9 heteroatoms. The highest BCUT2D eigenvalue weighted by Crippen LogP contribution is 2.37. The average Bonchev–Trinajstić information content (AvgIpc) is 2.96. The van der Waals surface area contributed by atoms with Crippen LogP contribution in [-0.4, -0.2) is 10.8 Å². The number of fused-ring (bicyclic) bond motifs is 1. The van der Waals surface area contributed by atoms with Gasteiger partial charge in [0.15, 0.2) is 5.76 Å². The van der Waals surface area contributed by atoms with E-state index in [4.69, 9.17) is 13.9 Å². The molecule has 1 amide bonds. The second-order valence-corrected chi connectivity index (χ2v) is 8.97. The number of nitro groups is 1. The highest BCUT2D eigenvalue weighted by atomic mass is 16.6. The van der Waals surface area contributed by atoms with E-state index < -0.39 is 21.9 Å². The Morgan fingerprint density at radius 2 is 1.48 bits per heavy atom. The molecule has 9 nitrogen and oxygen atoms in total. The van der Waals surface area contributed by atoms with Crippen LogP contribution in [0.1, 0.15) is 18.1 Å². The standard InChI is InChI=1S/C31H24N2O7/c1-20(34)32-24-16-26-28(35)31(39-19-22-10-6-3-7-11-22)29(40-30(26)27(17-24)33(36)37)23-12-14-25(15-13-23)38-18-21-8-4-2-5-9-21/h2-17H,18-19H2,1H3,(H,32,34). The Bertz CT molecular complexity index is 1730. The Morgan fingerprint density at radius 1 is 0.875 bits per heavy atom. The van der Waals surface area contributed by atoms with E-state index in [0.717, 1.165) is 17.2 Å². The molecule has 0 aliphatic heterocycles. The molecule has 0 fully saturated rings. The molecule has 1 aromatic heterocycles. The van der Waals surface area contributed by atoms with E-state index >= 15 is 0 Å². The second-order valence-electron chi connectivity index (χ2n) is 8.97. The van der Waals surface area contributed by atoms with Crippen molar-refractivity contribution in [3.05, 3.63) is 129 Å². The minimum Gasteiger partial charge on any atom is -0.489 e. The number of nitro benzene ring substituents is 1. The lowest BCUT2D eigenvalue weighted by atomic mass is 10.1. The number of hydrogen-bond donors (Lipinski definition) is 1. The van der Waals surface area contributed by atoms with E-state index in [1.54, 1.807) is 24.3 Å². The van der Waals surface area contributed by atoms with Crippen LogP contribution in [0.5, 0.6) is 11.5 Å². The molecule has 200 valence electrons. The summed E-state index contributed by atoms with van der Waals surface area (Å²) >= 11 is 0. The molecule has 0 atom stereocenters. The number of amides is 1. The fourth-order valence-electron chi connectivity index (χ4n) is 4.17. The van der Waals surface area contributed by atoms with E-state index in [-0.39, 0.29) is 34.8 Å². The first-order valence-electron chi connectivity index (χ1n) is 12.4. The summed E-state index contributed by atoms with van der Waals surface area (Å²) in [5.41, 5.74) is 1.10. The van der Waals surface area contributed by atoms with Gasteiger partial charge in [0.25, 0.3) is 0 Å². The molecule has 5 aromatic rings. The van der Waals surface area contributed by atoms with Crippen molar-refractivity contribution in [2.75, 3.05) is 5.32 Å². The van der Waals surface area contributed by atoms with E-state index in [2.05, 4.69) is 5.32 Å². The Hall–Kier alpha value is -5.44. The van der Waals surface area contributed by atoms with Crippen molar-refractivity contribution < 1.29 is 23.6 Å². The van der Waals surface area contributed by atoms with Crippen LogP contribution in [0.25, 0.3) is 22.3 Å². The molecule has 0 spiro atoms. The Kier molecular flexibility index (Phi) is 7.54. The minimum absolute atomic E-state index is 0.0402. The number of carbonyl (C=O) groups excluding carboxylic acids is 1. The van der Waals surface area contributed by atoms with Crippen LogP contribution in [0.2, 0.25) is 0 Å². The van der Waals surface area contributed by atoms with Crippen LogP contribution >= 0.6 is 0 Å². The van der Waals surface area contributed by atoms with Gasteiger partial charge in [-0.15, -0.1) is 0 Å². The summed E-state index contributed by atoms with van der Waals surface area (Å²) in [6.45, 7) is 1.71. The van der Waals surface area contributed by atoms with E-state index in [0.29, 0.717) is 17.9 Å². The molecule has 5 rings (SSSR count). The van der Waals surface area contributed by atoms with E-state index in [1.165, 1.54) is 13.0 Å². The molecule has 0 aliphatic rings. The second kappa shape index (κ2) is 11.5. The molecule has 0 radical (unpaired) electrons. The summed E-state index contributed by atoms with van der Waals surface area (Å²) in [5.74, 6) is 0.0835. The third-order valence-electron chi connectivity index (χ3n) is 6.04. The van der Waals surface area contributed by atoms with Gasteiger partial charge in [-0.3, -0.25) is 19.7 Å². The predicted molar refractivity (Wildman–Crippen MR) is 150 cm³/mol. The first kappa shape index (κ1) is 26.2. The first-order chi connectivity index (χ1) is 19.4. The lowest BCUT2D eigenvalue weighted by Crippen LogP contribution is -2.12. The van der Waals surface area contributed by atoms with Gasteiger partial charge in [0, 0.05) is 24.2 Å². The third kappa shape index (κ3) is 5.83. The van der Waals surface area contributed by atoms with Gasteiger partial charge in [-0.25, -0.2) is 0 Å². The van der Waals surface area contributed by atoms with Gasteiger partial charge in [0.1, 0.15) is 19.0 Å². The van der Waals surface area contributed by atoms with Crippen LogP contribution < -0.4 is 20.2 Å². The SMILES string of the molecule is CC(=O)Nc1cc([N+](=O)[O-])c2oc(-c3ccc(OCc4ccccc4)cc3)c(OCc3ccccc3)c(=O)c2c1. The Morgan fingerprint density at radius 3 is 2.05 bits per heavy atom. The Balaban J connectivity index is 1.58. The average molecular weight is 537 g/mol. The maximum atomic E-state index is 13.7. The number of nitrogens with zero attached hydrogens (tertiary/aromatic N) is 1. The normalized spacial score (nSPS) is 10.7. The van der Waals surface area contributed by atoms with E-state index in [9.17, 15) is 19.7 Å². The highest BCUT2D eigenvalue weighted by molar-refractivity contribution is 5.96. The molecule has 4 aromatic carbocycles. The van der Waals surface area contributed by atoms with Crippen LogP contribution in [0.4, 0.5) is 11.4 Å². The largest absolute Gasteiger partial charge is 0.489 e. The molecule has 0 saturated heterocycles. The van der Waals surface area contributed by atoms with Gasteiger partial charge >= 0.3 is 5.69 Å². The summed E-state index contributed by atoms with van der Waals surface area (Å²) < 4.78 is 17.9. The zero-order valence-corrected chi connectivity index (χ0v) is 21.5. The van der Waals surface area contributed by atoms with Crippen LogP contribution in [0.3, 0.4) is 0 Å². The maximum Gasteiger partial charge on any atom is 0.314 e. The number of carbonyl (C=O) groups is 1. The quantitative estimate of drug-likeness (QED) is 0.169. The van der Waals surface area contributed by atoms with Crippen LogP contribution in [-0.2, 0) is 18.0 Å².